The van der Waals surface area contributed by atoms with Gasteiger partial charge in [0.1, 0.15) is 6.61 Å². The smallest absolute Gasteiger partial charge is 0.257 e. The topological polar surface area (TPSA) is 43.4 Å². The van der Waals surface area contributed by atoms with Gasteiger partial charge in [0.05, 0.1) is 0 Å². The lowest BCUT2D eigenvalue weighted by molar-refractivity contribution is 0.00421. The summed E-state index contributed by atoms with van der Waals surface area (Å²) >= 11 is 0. The lowest BCUT2D eigenvalue weighted by Gasteiger charge is -2.33. The number of pyridine rings is 1. The molecule has 0 bridgehead atoms. The summed E-state index contributed by atoms with van der Waals surface area (Å²) in [4.78, 5) is 4.11. The van der Waals surface area contributed by atoms with Gasteiger partial charge in [-0.2, -0.15) is 0 Å². The van der Waals surface area contributed by atoms with Crippen LogP contribution >= 0.6 is 24.8 Å². The van der Waals surface area contributed by atoms with E-state index in [9.17, 15) is 0 Å². The Morgan fingerprint density at radius 1 is 1.38 bits per heavy atom. The zero-order valence-corrected chi connectivity index (χ0v) is 10.3. The van der Waals surface area contributed by atoms with Crippen LogP contribution in [-0.4, -0.2) is 30.3 Å². The number of nitrogens with one attached hydrogen (secondary N) is 1. The van der Waals surface area contributed by atoms with Crippen LogP contribution < -0.4 is 14.8 Å². The van der Waals surface area contributed by atoms with E-state index in [2.05, 4.69) is 10.3 Å². The van der Waals surface area contributed by atoms with Crippen LogP contribution in [0, 0.1) is 0 Å². The van der Waals surface area contributed by atoms with Crippen molar-refractivity contribution in [2.24, 2.45) is 0 Å². The second kappa shape index (κ2) is 5.08. The number of hydrogen-bond donors (Lipinski definition) is 1. The van der Waals surface area contributed by atoms with Crippen molar-refractivity contribution in [2.75, 3.05) is 19.7 Å². The normalized spacial score (nSPS) is 25.8. The molecule has 6 heteroatoms. The quantitative estimate of drug-likeness (QED) is 0.770. The minimum atomic E-state index is -0.157. The molecule has 0 amide bonds. The van der Waals surface area contributed by atoms with Gasteiger partial charge in [-0.15, -0.1) is 24.8 Å². The molecule has 1 aromatic rings. The molecule has 1 fully saturated rings. The number of hydrogen-bond acceptors (Lipinski definition) is 4. The lowest BCUT2D eigenvalue weighted by atomic mass is 10.0. The number of aromatic nitrogens is 1. The molecule has 0 radical (unpaired) electrons. The lowest BCUT2D eigenvalue weighted by Crippen LogP contribution is -2.46. The van der Waals surface area contributed by atoms with Crippen molar-refractivity contribution in [3.8, 4) is 11.6 Å². The standard InChI is InChI=1S/C10H12N2O2.2ClH/c1-2-8-9(12-4-1)13-7-10(14-8)3-5-11-6-10;;/h1-2,4,11H,3,5-7H2;2*1H. The fraction of sp³-hybridized carbons (Fsp3) is 0.500. The summed E-state index contributed by atoms with van der Waals surface area (Å²) in [7, 11) is 0. The largest absolute Gasteiger partial charge is 0.477 e. The first-order chi connectivity index (χ1) is 6.88. The minimum Gasteiger partial charge on any atom is -0.477 e. The van der Waals surface area contributed by atoms with E-state index in [1.165, 1.54) is 0 Å². The third-order valence-corrected chi connectivity index (χ3v) is 2.74. The highest BCUT2D eigenvalue weighted by Gasteiger charge is 2.40. The monoisotopic (exact) mass is 264 g/mol. The summed E-state index contributed by atoms with van der Waals surface area (Å²) in [5.74, 6) is 1.38. The van der Waals surface area contributed by atoms with Gasteiger partial charge in [-0.3, -0.25) is 0 Å². The molecule has 1 unspecified atom stereocenters. The summed E-state index contributed by atoms with van der Waals surface area (Å²) in [5, 5.41) is 3.29. The molecule has 90 valence electrons. The van der Waals surface area contributed by atoms with Crippen molar-refractivity contribution in [3.05, 3.63) is 18.3 Å². The van der Waals surface area contributed by atoms with Crippen LogP contribution in [0.3, 0.4) is 0 Å². The van der Waals surface area contributed by atoms with Gasteiger partial charge in [0, 0.05) is 19.2 Å². The fourth-order valence-corrected chi connectivity index (χ4v) is 1.96. The highest BCUT2D eigenvalue weighted by atomic mass is 35.5. The molecular formula is C10H14Cl2N2O2. The van der Waals surface area contributed by atoms with Gasteiger partial charge in [-0.05, 0) is 18.7 Å². The Morgan fingerprint density at radius 3 is 3.00 bits per heavy atom. The van der Waals surface area contributed by atoms with E-state index in [1.807, 2.05) is 12.1 Å². The molecule has 2 aliphatic heterocycles. The van der Waals surface area contributed by atoms with Crippen LogP contribution in [0.4, 0.5) is 0 Å². The van der Waals surface area contributed by atoms with E-state index >= 15 is 0 Å². The van der Waals surface area contributed by atoms with E-state index in [0.717, 1.165) is 25.3 Å². The Balaban J connectivity index is 0.000000640. The zero-order valence-electron chi connectivity index (χ0n) is 8.64. The predicted octanol–water partition coefficient (Wildman–Crippen LogP) is 1.43. The number of rotatable bonds is 0. The molecule has 1 atom stereocenters. The van der Waals surface area contributed by atoms with Gasteiger partial charge in [0.25, 0.3) is 5.88 Å². The summed E-state index contributed by atoms with van der Waals surface area (Å²) in [6.45, 7) is 2.46. The third-order valence-electron chi connectivity index (χ3n) is 2.74. The Labute approximate surface area is 107 Å². The number of fused-ring (bicyclic) bond motifs is 1. The summed E-state index contributed by atoms with van der Waals surface area (Å²) in [5.41, 5.74) is -0.157. The third kappa shape index (κ3) is 2.19. The average molecular weight is 265 g/mol. The van der Waals surface area contributed by atoms with E-state index in [0.29, 0.717) is 12.5 Å². The van der Waals surface area contributed by atoms with Crippen LogP contribution in [0.1, 0.15) is 6.42 Å². The molecule has 1 N–H and O–H groups in total. The maximum atomic E-state index is 5.93. The number of halogens is 2. The van der Waals surface area contributed by atoms with Crippen molar-refractivity contribution in [3.63, 3.8) is 0 Å². The molecule has 0 aliphatic carbocycles. The first-order valence-corrected chi connectivity index (χ1v) is 4.86. The molecular weight excluding hydrogens is 251 g/mol. The fourth-order valence-electron chi connectivity index (χ4n) is 1.96. The SMILES string of the molecule is Cl.Cl.c1cnc2c(c1)OC1(CCNC1)CO2. The summed E-state index contributed by atoms with van der Waals surface area (Å²) in [6, 6.07) is 3.77. The molecule has 4 nitrogen and oxygen atoms in total. The van der Waals surface area contributed by atoms with Gasteiger partial charge >= 0.3 is 0 Å². The summed E-state index contributed by atoms with van der Waals surface area (Å²) in [6.07, 6.45) is 2.72. The molecule has 1 spiro atoms. The maximum Gasteiger partial charge on any atom is 0.257 e. The van der Waals surface area contributed by atoms with Crippen molar-refractivity contribution < 1.29 is 9.47 Å². The Kier molecular flexibility index (Phi) is 4.24. The molecule has 0 saturated carbocycles. The van der Waals surface area contributed by atoms with Crippen LogP contribution in [-0.2, 0) is 0 Å². The van der Waals surface area contributed by atoms with Crippen molar-refractivity contribution in [1.29, 1.82) is 0 Å². The first-order valence-electron chi connectivity index (χ1n) is 4.86. The van der Waals surface area contributed by atoms with Crippen LogP contribution in [0.5, 0.6) is 11.6 Å². The van der Waals surface area contributed by atoms with Gasteiger partial charge in [0.15, 0.2) is 11.4 Å². The van der Waals surface area contributed by atoms with Crippen molar-refractivity contribution >= 4 is 24.8 Å². The Morgan fingerprint density at radius 2 is 2.25 bits per heavy atom. The van der Waals surface area contributed by atoms with Crippen LogP contribution in [0.2, 0.25) is 0 Å². The van der Waals surface area contributed by atoms with E-state index in [1.54, 1.807) is 6.20 Å². The molecule has 0 aromatic carbocycles. The molecule has 1 aromatic heterocycles. The number of ether oxygens (including phenoxy) is 2. The number of nitrogens with zero attached hydrogens (tertiary/aromatic N) is 1. The van der Waals surface area contributed by atoms with Crippen molar-refractivity contribution in [1.82, 2.24) is 10.3 Å². The Bertz CT molecular complexity index is 356. The van der Waals surface area contributed by atoms with Gasteiger partial charge in [0.2, 0.25) is 0 Å². The van der Waals surface area contributed by atoms with Crippen LogP contribution in [0.15, 0.2) is 18.3 Å². The van der Waals surface area contributed by atoms with E-state index in [4.69, 9.17) is 9.47 Å². The van der Waals surface area contributed by atoms with Crippen LogP contribution in [0.25, 0.3) is 0 Å². The second-order valence-corrected chi connectivity index (χ2v) is 3.81. The van der Waals surface area contributed by atoms with E-state index in [-0.39, 0.29) is 30.4 Å². The minimum absolute atomic E-state index is 0. The highest BCUT2D eigenvalue weighted by molar-refractivity contribution is 5.85. The molecule has 16 heavy (non-hydrogen) atoms. The molecule has 1 saturated heterocycles. The highest BCUT2D eigenvalue weighted by Crippen LogP contribution is 2.35. The molecule has 3 rings (SSSR count). The second-order valence-electron chi connectivity index (χ2n) is 3.81. The summed E-state index contributed by atoms with van der Waals surface area (Å²) < 4.78 is 11.5. The average Bonchev–Trinajstić information content (AvgIpc) is 2.66. The Hall–Kier alpha value is -0.710. The first kappa shape index (κ1) is 13.4. The van der Waals surface area contributed by atoms with E-state index < -0.39 is 0 Å². The van der Waals surface area contributed by atoms with Crippen molar-refractivity contribution in [2.45, 2.75) is 12.0 Å². The molecule has 3 heterocycles. The predicted molar refractivity (Wildman–Crippen MR) is 65.1 cm³/mol. The van der Waals surface area contributed by atoms with Gasteiger partial charge in [-0.1, -0.05) is 0 Å². The molecule has 2 aliphatic rings. The maximum absolute atomic E-state index is 5.93. The van der Waals surface area contributed by atoms with Gasteiger partial charge < -0.3 is 14.8 Å². The zero-order chi connectivity index (χ0) is 9.43. The van der Waals surface area contributed by atoms with Gasteiger partial charge in [-0.25, -0.2) is 4.98 Å².